The summed E-state index contributed by atoms with van der Waals surface area (Å²) in [6.45, 7) is 0.459. The molecule has 0 aliphatic rings. The number of amides is 1. The molecule has 0 bridgehead atoms. The van der Waals surface area contributed by atoms with Crippen LogP contribution >= 0.6 is 0 Å². The number of anilines is 1. The minimum Gasteiger partial charge on any atom is -0.545 e. The molecule has 0 unspecified atom stereocenters. The van der Waals surface area contributed by atoms with Gasteiger partial charge in [0.05, 0.1) is 5.97 Å². The third-order valence-electron chi connectivity index (χ3n) is 2.74. The van der Waals surface area contributed by atoms with Crippen LogP contribution in [0.4, 0.5) is 5.69 Å². The molecule has 0 aliphatic carbocycles. The Morgan fingerprint density at radius 1 is 1.00 bits per heavy atom. The Morgan fingerprint density at radius 3 is 2.32 bits per heavy atom. The van der Waals surface area contributed by atoms with Gasteiger partial charge in [0.25, 0.3) is 0 Å². The number of nitrogens with one attached hydrogen (secondary N) is 1. The van der Waals surface area contributed by atoms with E-state index in [9.17, 15) is 14.7 Å². The number of hydrogen-bond donors (Lipinski definition) is 1. The lowest BCUT2D eigenvalue weighted by atomic mass is 10.2. The Labute approximate surface area is 127 Å². The minimum atomic E-state index is -1.42. The van der Waals surface area contributed by atoms with Gasteiger partial charge < -0.3 is 20.0 Å². The molecule has 0 aliphatic heterocycles. The van der Waals surface area contributed by atoms with Crippen molar-refractivity contribution < 1.29 is 19.4 Å². The Hall–Kier alpha value is -3.08. The SMILES string of the molecule is O=C([O-])/C=C\C(=O)Nc1ccc(OCc2ccccc2)cc1. The molecule has 0 radical (unpaired) electrons. The van der Waals surface area contributed by atoms with E-state index >= 15 is 0 Å². The van der Waals surface area contributed by atoms with E-state index in [4.69, 9.17) is 4.74 Å². The third-order valence-corrected chi connectivity index (χ3v) is 2.74. The first-order valence-corrected chi connectivity index (χ1v) is 6.60. The molecule has 1 amide bonds. The van der Waals surface area contributed by atoms with Crippen molar-refractivity contribution in [3.63, 3.8) is 0 Å². The topological polar surface area (TPSA) is 78.5 Å². The lowest BCUT2D eigenvalue weighted by molar-refractivity contribution is -0.297. The summed E-state index contributed by atoms with van der Waals surface area (Å²) in [6, 6.07) is 16.6. The second-order valence-electron chi connectivity index (χ2n) is 4.44. The Morgan fingerprint density at radius 2 is 1.68 bits per heavy atom. The van der Waals surface area contributed by atoms with Gasteiger partial charge in [-0.15, -0.1) is 0 Å². The quantitative estimate of drug-likeness (QED) is 0.820. The van der Waals surface area contributed by atoms with Gasteiger partial charge in [-0.25, -0.2) is 0 Å². The maximum absolute atomic E-state index is 11.4. The zero-order chi connectivity index (χ0) is 15.8. The van der Waals surface area contributed by atoms with Crippen LogP contribution in [0.2, 0.25) is 0 Å². The van der Waals surface area contributed by atoms with Gasteiger partial charge >= 0.3 is 0 Å². The maximum Gasteiger partial charge on any atom is 0.248 e. The first-order chi connectivity index (χ1) is 10.6. The van der Waals surface area contributed by atoms with E-state index in [0.717, 1.165) is 11.6 Å². The van der Waals surface area contributed by atoms with Crippen molar-refractivity contribution in [2.45, 2.75) is 6.61 Å². The predicted octanol–water partition coefficient (Wildman–Crippen LogP) is 1.51. The van der Waals surface area contributed by atoms with Crippen LogP contribution in [-0.4, -0.2) is 11.9 Å². The summed E-state index contributed by atoms with van der Waals surface area (Å²) in [5.74, 6) is -1.28. The fourth-order valence-corrected chi connectivity index (χ4v) is 1.70. The molecule has 112 valence electrons. The highest BCUT2D eigenvalue weighted by atomic mass is 16.5. The predicted molar refractivity (Wildman–Crippen MR) is 80.0 cm³/mol. The van der Waals surface area contributed by atoms with E-state index in [-0.39, 0.29) is 0 Å². The van der Waals surface area contributed by atoms with Crippen LogP contribution in [-0.2, 0) is 16.2 Å². The van der Waals surface area contributed by atoms with Crippen LogP contribution in [0.25, 0.3) is 0 Å². The van der Waals surface area contributed by atoms with Gasteiger partial charge in [-0.2, -0.15) is 0 Å². The molecule has 22 heavy (non-hydrogen) atoms. The van der Waals surface area contributed by atoms with Crippen molar-refractivity contribution >= 4 is 17.6 Å². The van der Waals surface area contributed by atoms with Crippen molar-refractivity contribution in [2.24, 2.45) is 0 Å². The molecule has 0 fully saturated rings. The number of carbonyl (C=O) groups excluding carboxylic acids is 2. The van der Waals surface area contributed by atoms with E-state index < -0.39 is 11.9 Å². The Bertz CT molecular complexity index is 663. The zero-order valence-corrected chi connectivity index (χ0v) is 11.7. The number of ether oxygens (including phenoxy) is 1. The summed E-state index contributed by atoms with van der Waals surface area (Å²) in [7, 11) is 0. The maximum atomic E-state index is 11.4. The molecule has 0 spiro atoms. The standard InChI is InChI=1S/C17H15NO4/c19-16(10-11-17(20)21)18-14-6-8-15(9-7-14)22-12-13-4-2-1-3-5-13/h1-11H,12H2,(H,18,19)(H,20,21)/p-1/b11-10-. The summed E-state index contributed by atoms with van der Waals surface area (Å²) in [5.41, 5.74) is 1.60. The number of carboxylic acid groups (broad SMARTS) is 1. The fourth-order valence-electron chi connectivity index (χ4n) is 1.70. The van der Waals surface area contributed by atoms with E-state index in [1.54, 1.807) is 24.3 Å². The van der Waals surface area contributed by atoms with E-state index in [1.165, 1.54) is 0 Å². The van der Waals surface area contributed by atoms with Crippen LogP contribution in [0.15, 0.2) is 66.7 Å². The average molecular weight is 296 g/mol. The first-order valence-electron chi connectivity index (χ1n) is 6.60. The van der Waals surface area contributed by atoms with Crippen LogP contribution in [0.1, 0.15) is 5.56 Å². The normalized spacial score (nSPS) is 10.4. The second-order valence-corrected chi connectivity index (χ2v) is 4.44. The number of benzene rings is 2. The van der Waals surface area contributed by atoms with Crippen molar-refractivity contribution in [3.8, 4) is 5.75 Å². The average Bonchev–Trinajstić information content (AvgIpc) is 2.53. The van der Waals surface area contributed by atoms with Crippen molar-refractivity contribution in [3.05, 3.63) is 72.3 Å². The fraction of sp³-hybridized carbons (Fsp3) is 0.0588. The molecular weight excluding hydrogens is 282 g/mol. The number of carboxylic acids is 1. The largest absolute Gasteiger partial charge is 0.545 e. The van der Waals surface area contributed by atoms with Crippen molar-refractivity contribution in [1.82, 2.24) is 0 Å². The summed E-state index contributed by atoms with van der Waals surface area (Å²) in [6.07, 6.45) is 1.57. The Kier molecular flexibility index (Phi) is 5.31. The molecule has 5 heteroatoms. The Balaban J connectivity index is 1.87. The zero-order valence-electron chi connectivity index (χ0n) is 11.7. The lowest BCUT2D eigenvalue weighted by Crippen LogP contribution is -2.20. The first kappa shape index (κ1) is 15.3. The second kappa shape index (κ2) is 7.64. The summed E-state index contributed by atoms with van der Waals surface area (Å²) < 4.78 is 5.62. The molecule has 1 N–H and O–H groups in total. The molecular formula is C17H14NO4-. The van der Waals surface area contributed by atoms with Gasteiger partial charge in [-0.05, 0) is 35.9 Å². The number of hydrogen-bond acceptors (Lipinski definition) is 4. The lowest BCUT2D eigenvalue weighted by Gasteiger charge is -2.07. The van der Waals surface area contributed by atoms with Gasteiger partial charge in [0.15, 0.2) is 0 Å². The van der Waals surface area contributed by atoms with Gasteiger partial charge in [0.1, 0.15) is 12.4 Å². The van der Waals surface area contributed by atoms with Crippen molar-refractivity contribution in [1.29, 1.82) is 0 Å². The van der Waals surface area contributed by atoms with Crippen LogP contribution in [0, 0.1) is 0 Å². The van der Waals surface area contributed by atoms with Gasteiger partial charge in [-0.3, -0.25) is 4.79 Å². The summed E-state index contributed by atoms with van der Waals surface area (Å²) >= 11 is 0. The van der Waals surface area contributed by atoms with E-state index in [1.807, 2.05) is 30.3 Å². The highest BCUT2D eigenvalue weighted by molar-refractivity contribution is 6.02. The molecule has 2 aromatic rings. The third kappa shape index (κ3) is 5.13. The van der Waals surface area contributed by atoms with Gasteiger partial charge in [0, 0.05) is 11.8 Å². The number of rotatable bonds is 6. The molecule has 0 aromatic heterocycles. The molecule has 2 rings (SSSR count). The number of aliphatic carboxylic acids is 1. The minimum absolute atomic E-state index is 0.459. The summed E-state index contributed by atoms with van der Waals surface area (Å²) in [4.78, 5) is 21.6. The van der Waals surface area contributed by atoms with E-state index in [0.29, 0.717) is 24.1 Å². The van der Waals surface area contributed by atoms with Crippen LogP contribution in [0.5, 0.6) is 5.75 Å². The smallest absolute Gasteiger partial charge is 0.248 e. The van der Waals surface area contributed by atoms with Gasteiger partial charge in [-0.1, -0.05) is 30.3 Å². The van der Waals surface area contributed by atoms with E-state index in [2.05, 4.69) is 5.32 Å². The van der Waals surface area contributed by atoms with Crippen LogP contribution in [0.3, 0.4) is 0 Å². The molecule has 0 saturated carbocycles. The molecule has 2 aromatic carbocycles. The molecule has 0 heterocycles. The van der Waals surface area contributed by atoms with Crippen molar-refractivity contribution in [2.75, 3.05) is 5.32 Å². The number of carbonyl (C=O) groups is 2. The molecule has 5 nitrogen and oxygen atoms in total. The van der Waals surface area contributed by atoms with Crippen LogP contribution < -0.4 is 15.2 Å². The van der Waals surface area contributed by atoms with Gasteiger partial charge in [0.2, 0.25) is 5.91 Å². The monoisotopic (exact) mass is 296 g/mol. The molecule has 0 atom stereocenters. The highest BCUT2D eigenvalue weighted by Gasteiger charge is 1.99. The summed E-state index contributed by atoms with van der Waals surface area (Å²) in [5, 5.41) is 12.7. The molecule has 0 saturated heterocycles. The highest BCUT2D eigenvalue weighted by Crippen LogP contribution is 2.17.